The largest absolute Gasteiger partial charge is 0.353 e. The van der Waals surface area contributed by atoms with Crippen molar-refractivity contribution in [3.63, 3.8) is 0 Å². The molecule has 0 aliphatic carbocycles. The molecule has 1 aliphatic rings. The number of likely N-dealkylation sites (tertiary alicyclic amines) is 1. The van der Waals surface area contributed by atoms with Gasteiger partial charge >= 0.3 is 0 Å². The summed E-state index contributed by atoms with van der Waals surface area (Å²) in [4.78, 5) is 34.7. The maximum absolute atomic E-state index is 12.8. The first-order valence-electron chi connectivity index (χ1n) is 10.5. The zero-order valence-corrected chi connectivity index (χ0v) is 18.5. The molecule has 164 valence electrons. The highest BCUT2D eigenvalue weighted by molar-refractivity contribution is 6.30. The van der Waals surface area contributed by atoms with Crippen molar-refractivity contribution in [2.75, 3.05) is 18.4 Å². The van der Waals surface area contributed by atoms with E-state index in [9.17, 15) is 9.59 Å². The van der Waals surface area contributed by atoms with Crippen LogP contribution in [0.5, 0.6) is 0 Å². The summed E-state index contributed by atoms with van der Waals surface area (Å²) < 4.78 is 0. The number of halogens is 1. The molecule has 0 radical (unpaired) electrons. The fourth-order valence-corrected chi connectivity index (χ4v) is 3.85. The molecule has 2 heterocycles. The maximum atomic E-state index is 12.8. The van der Waals surface area contributed by atoms with E-state index in [1.165, 1.54) is 6.92 Å². The van der Waals surface area contributed by atoms with Crippen molar-refractivity contribution >= 4 is 35.1 Å². The van der Waals surface area contributed by atoms with Gasteiger partial charge < -0.3 is 15.5 Å². The van der Waals surface area contributed by atoms with E-state index < -0.39 is 0 Å². The van der Waals surface area contributed by atoms with Gasteiger partial charge in [0.05, 0.1) is 5.69 Å². The van der Waals surface area contributed by atoms with Crippen LogP contribution in [0.25, 0.3) is 11.3 Å². The van der Waals surface area contributed by atoms with Crippen LogP contribution < -0.4 is 10.6 Å². The molecule has 1 fully saturated rings. The molecular formula is C24H24ClN5O2. The molecule has 0 bridgehead atoms. The Morgan fingerprint density at radius 1 is 1.00 bits per heavy atom. The molecule has 1 saturated heterocycles. The summed E-state index contributed by atoms with van der Waals surface area (Å²) in [5.41, 5.74) is 3.15. The van der Waals surface area contributed by atoms with Crippen molar-refractivity contribution in [2.45, 2.75) is 25.8 Å². The van der Waals surface area contributed by atoms with Crippen LogP contribution in [0.4, 0.5) is 11.6 Å². The number of nitrogens with one attached hydrogen (secondary N) is 2. The first kappa shape index (κ1) is 21.8. The summed E-state index contributed by atoms with van der Waals surface area (Å²) in [5.74, 6) is 0.441. The van der Waals surface area contributed by atoms with E-state index in [4.69, 9.17) is 11.6 Å². The summed E-state index contributed by atoms with van der Waals surface area (Å²) in [6.45, 7) is 2.79. The standard InChI is InChI=1S/C24H24ClN5O2/c1-16(31)27-21-11-14-30(15-12-21)23(32)18-4-8-20(9-5-18)28-24-26-13-10-22(29-24)17-2-6-19(25)7-3-17/h2-10,13,21H,11-12,14-15H2,1H3,(H,27,31)(H,26,28,29). The normalized spacial score (nSPS) is 14.1. The highest BCUT2D eigenvalue weighted by Gasteiger charge is 2.24. The van der Waals surface area contributed by atoms with E-state index in [1.54, 1.807) is 18.3 Å². The number of hydrogen-bond donors (Lipinski definition) is 2. The van der Waals surface area contributed by atoms with Crippen LogP contribution in [0, 0.1) is 0 Å². The number of amides is 2. The quantitative estimate of drug-likeness (QED) is 0.607. The van der Waals surface area contributed by atoms with Gasteiger partial charge in [-0.25, -0.2) is 9.97 Å². The summed E-state index contributed by atoms with van der Waals surface area (Å²) in [6, 6.07) is 16.7. The second-order valence-corrected chi connectivity index (χ2v) is 8.18. The molecule has 8 heteroatoms. The van der Waals surface area contributed by atoms with Crippen molar-refractivity contribution in [2.24, 2.45) is 0 Å². The van der Waals surface area contributed by atoms with Crippen molar-refractivity contribution in [1.82, 2.24) is 20.2 Å². The molecule has 4 rings (SSSR count). The fraction of sp³-hybridized carbons (Fsp3) is 0.250. The number of benzene rings is 2. The lowest BCUT2D eigenvalue weighted by atomic mass is 10.0. The van der Waals surface area contributed by atoms with Crippen molar-refractivity contribution in [1.29, 1.82) is 0 Å². The van der Waals surface area contributed by atoms with Crippen LogP contribution >= 0.6 is 11.6 Å². The van der Waals surface area contributed by atoms with Gasteiger partial charge in [-0.1, -0.05) is 23.7 Å². The van der Waals surface area contributed by atoms with Gasteiger partial charge in [0.15, 0.2) is 0 Å². The Bertz CT molecular complexity index is 1090. The van der Waals surface area contributed by atoms with Gasteiger partial charge in [-0.05, 0) is 55.3 Å². The van der Waals surface area contributed by atoms with Crippen molar-refractivity contribution < 1.29 is 9.59 Å². The average molecular weight is 450 g/mol. The predicted octanol–water partition coefficient (Wildman–Crippen LogP) is 4.28. The number of rotatable bonds is 5. The summed E-state index contributed by atoms with van der Waals surface area (Å²) in [5, 5.41) is 6.78. The maximum Gasteiger partial charge on any atom is 0.253 e. The third-order valence-corrected chi connectivity index (χ3v) is 5.63. The molecule has 0 atom stereocenters. The van der Waals surface area contributed by atoms with Crippen LogP contribution in [0.2, 0.25) is 5.02 Å². The number of hydrogen-bond acceptors (Lipinski definition) is 5. The smallest absolute Gasteiger partial charge is 0.253 e. The summed E-state index contributed by atoms with van der Waals surface area (Å²) in [7, 11) is 0. The van der Waals surface area contributed by atoms with Gasteiger partial charge in [-0.2, -0.15) is 0 Å². The van der Waals surface area contributed by atoms with E-state index in [2.05, 4.69) is 20.6 Å². The van der Waals surface area contributed by atoms with Crippen molar-refractivity contribution in [3.05, 3.63) is 71.4 Å². The number of carbonyl (C=O) groups is 2. The Morgan fingerprint density at radius 2 is 1.69 bits per heavy atom. The van der Waals surface area contributed by atoms with E-state index in [0.29, 0.717) is 29.6 Å². The lowest BCUT2D eigenvalue weighted by Crippen LogP contribution is -2.46. The summed E-state index contributed by atoms with van der Waals surface area (Å²) >= 11 is 5.96. The van der Waals surface area contributed by atoms with Gasteiger partial charge in [-0.15, -0.1) is 0 Å². The van der Waals surface area contributed by atoms with Gasteiger partial charge in [0.2, 0.25) is 11.9 Å². The fourth-order valence-electron chi connectivity index (χ4n) is 3.72. The lowest BCUT2D eigenvalue weighted by molar-refractivity contribution is -0.119. The Morgan fingerprint density at radius 3 is 2.34 bits per heavy atom. The zero-order valence-electron chi connectivity index (χ0n) is 17.7. The van der Waals surface area contributed by atoms with Gasteiger partial charge in [0.1, 0.15) is 0 Å². The minimum absolute atomic E-state index is 0.00110. The topological polar surface area (TPSA) is 87.2 Å². The third kappa shape index (κ3) is 5.42. The molecular weight excluding hydrogens is 426 g/mol. The molecule has 7 nitrogen and oxygen atoms in total. The van der Waals surface area contributed by atoms with E-state index in [-0.39, 0.29) is 17.9 Å². The lowest BCUT2D eigenvalue weighted by Gasteiger charge is -2.32. The monoisotopic (exact) mass is 449 g/mol. The predicted molar refractivity (Wildman–Crippen MR) is 125 cm³/mol. The van der Waals surface area contributed by atoms with Gasteiger partial charge in [0.25, 0.3) is 5.91 Å². The first-order valence-corrected chi connectivity index (χ1v) is 10.9. The highest BCUT2D eigenvalue weighted by atomic mass is 35.5. The molecule has 1 aliphatic heterocycles. The second kappa shape index (κ2) is 9.78. The number of aromatic nitrogens is 2. The Balaban J connectivity index is 1.38. The molecule has 0 spiro atoms. The number of nitrogens with zero attached hydrogens (tertiary/aromatic N) is 3. The SMILES string of the molecule is CC(=O)NC1CCN(C(=O)c2ccc(Nc3nccc(-c4ccc(Cl)cc4)n3)cc2)CC1. The highest BCUT2D eigenvalue weighted by Crippen LogP contribution is 2.22. The van der Waals surface area contributed by atoms with Crippen LogP contribution in [0.1, 0.15) is 30.1 Å². The number of anilines is 2. The Kier molecular flexibility index (Phi) is 6.66. The van der Waals surface area contributed by atoms with Gasteiger partial charge in [-0.3, -0.25) is 9.59 Å². The van der Waals surface area contributed by atoms with Crippen LogP contribution in [-0.4, -0.2) is 45.8 Å². The van der Waals surface area contributed by atoms with E-state index in [1.807, 2.05) is 47.4 Å². The average Bonchev–Trinajstić information content (AvgIpc) is 2.80. The second-order valence-electron chi connectivity index (χ2n) is 7.74. The van der Waals surface area contributed by atoms with Crippen LogP contribution in [-0.2, 0) is 4.79 Å². The molecule has 2 aromatic carbocycles. The molecule has 0 unspecified atom stereocenters. The first-order chi connectivity index (χ1) is 15.5. The van der Waals surface area contributed by atoms with E-state index in [0.717, 1.165) is 29.8 Å². The Labute approximate surface area is 191 Å². The minimum Gasteiger partial charge on any atom is -0.353 e. The zero-order chi connectivity index (χ0) is 22.5. The molecule has 3 aromatic rings. The molecule has 1 aromatic heterocycles. The molecule has 32 heavy (non-hydrogen) atoms. The summed E-state index contributed by atoms with van der Waals surface area (Å²) in [6.07, 6.45) is 3.24. The number of carbonyl (C=O) groups excluding carboxylic acids is 2. The van der Waals surface area contributed by atoms with Gasteiger partial charge in [0, 0.05) is 54.1 Å². The molecule has 2 N–H and O–H groups in total. The third-order valence-electron chi connectivity index (χ3n) is 5.37. The van der Waals surface area contributed by atoms with E-state index >= 15 is 0 Å². The molecule has 2 amide bonds. The van der Waals surface area contributed by atoms with Crippen LogP contribution in [0.15, 0.2) is 60.8 Å². The molecule has 0 saturated carbocycles. The van der Waals surface area contributed by atoms with Crippen LogP contribution in [0.3, 0.4) is 0 Å². The number of piperidine rings is 1. The Hall–Kier alpha value is -3.45. The van der Waals surface area contributed by atoms with Crippen molar-refractivity contribution in [3.8, 4) is 11.3 Å². The minimum atomic E-state index is -0.0273.